The lowest BCUT2D eigenvalue weighted by molar-refractivity contribution is 0.0932. The van der Waals surface area contributed by atoms with E-state index in [1.54, 1.807) is 12.1 Å². The lowest BCUT2D eigenvalue weighted by Crippen LogP contribution is -2.31. The predicted molar refractivity (Wildman–Crippen MR) is 89.1 cm³/mol. The normalized spacial score (nSPS) is 17.3. The largest absolute Gasteiger partial charge is 0.345 e. The smallest absolute Gasteiger partial charge is 0.251 e. The van der Waals surface area contributed by atoms with Crippen LogP contribution in [0.2, 0.25) is 0 Å². The van der Waals surface area contributed by atoms with Gasteiger partial charge in [0.2, 0.25) is 0 Å². The summed E-state index contributed by atoms with van der Waals surface area (Å²) in [6, 6.07) is 14.3. The topological polar surface area (TPSA) is 63.2 Å². The molecule has 120 valence electrons. The minimum absolute atomic E-state index is 0.0191. The molecule has 0 radical (unpaired) electrons. The van der Waals surface area contributed by atoms with Crippen LogP contribution in [0.3, 0.4) is 0 Å². The molecule has 1 aliphatic carbocycles. The number of rotatable bonds is 3. The first-order chi connectivity index (χ1) is 10.9. The number of fused-ring (bicyclic) bond motifs is 1. The summed E-state index contributed by atoms with van der Waals surface area (Å²) in [6.45, 7) is 0. The molecule has 4 nitrogen and oxygen atoms in total. The molecule has 0 heterocycles. The SMILES string of the molecule is CS(=O)(=O)c1cccc(C(=O)N[C@@H]2CCCc3ccccc32)c1. The summed E-state index contributed by atoms with van der Waals surface area (Å²) in [5.74, 6) is -0.239. The molecule has 3 rings (SSSR count). The Morgan fingerprint density at radius 3 is 2.70 bits per heavy atom. The van der Waals surface area contributed by atoms with Gasteiger partial charge in [-0.05, 0) is 48.6 Å². The molecule has 5 heteroatoms. The third kappa shape index (κ3) is 3.45. The van der Waals surface area contributed by atoms with Crippen LogP contribution >= 0.6 is 0 Å². The minimum Gasteiger partial charge on any atom is -0.345 e. The van der Waals surface area contributed by atoms with Crippen molar-refractivity contribution >= 4 is 15.7 Å². The Morgan fingerprint density at radius 1 is 1.13 bits per heavy atom. The van der Waals surface area contributed by atoms with Gasteiger partial charge in [-0.15, -0.1) is 0 Å². The van der Waals surface area contributed by atoms with Crippen LogP contribution in [0.5, 0.6) is 0 Å². The van der Waals surface area contributed by atoms with Crippen LogP contribution in [0, 0.1) is 0 Å². The number of carbonyl (C=O) groups is 1. The van der Waals surface area contributed by atoms with Gasteiger partial charge >= 0.3 is 0 Å². The van der Waals surface area contributed by atoms with E-state index in [0.29, 0.717) is 5.56 Å². The highest BCUT2D eigenvalue weighted by atomic mass is 32.2. The highest BCUT2D eigenvalue weighted by Gasteiger charge is 2.22. The standard InChI is InChI=1S/C18H19NO3S/c1-23(21,22)15-9-4-8-14(12-15)18(20)19-17-11-5-7-13-6-2-3-10-16(13)17/h2-4,6,8-10,12,17H,5,7,11H2,1H3,(H,19,20)/t17-/m1/s1. The summed E-state index contributed by atoms with van der Waals surface area (Å²) in [5, 5.41) is 3.04. The van der Waals surface area contributed by atoms with Crippen molar-refractivity contribution in [2.75, 3.05) is 6.26 Å². The second kappa shape index (κ2) is 6.16. The second-order valence-corrected chi connectivity index (χ2v) is 7.93. The first-order valence-electron chi connectivity index (χ1n) is 7.64. The number of sulfone groups is 1. The van der Waals surface area contributed by atoms with Gasteiger partial charge in [0.1, 0.15) is 0 Å². The molecule has 2 aromatic rings. The van der Waals surface area contributed by atoms with Crippen LogP contribution < -0.4 is 5.32 Å². The minimum atomic E-state index is -3.32. The summed E-state index contributed by atoms with van der Waals surface area (Å²) in [4.78, 5) is 12.7. The van der Waals surface area contributed by atoms with E-state index >= 15 is 0 Å². The van der Waals surface area contributed by atoms with Crippen molar-refractivity contribution in [1.29, 1.82) is 0 Å². The molecule has 1 amide bonds. The number of hydrogen-bond donors (Lipinski definition) is 1. The maximum absolute atomic E-state index is 12.5. The number of hydrogen-bond acceptors (Lipinski definition) is 3. The van der Waals surface area contributed by atoms with Gasteiger partial charge < -0.3 is 5.32 Å². The Kier molecular flexibility index (Phi) is 4.22. The maximum atomic E-state index is 12.5. The van der Waals surface area contributed by atoms with E-state index in [1.165, 1.54) is 17.7 Å². The molecular weight excluding hydrogens is 310 g/mol. The number of aryl methyl sites for hydroxylation is 1. The average molecular weight is 329 g/mol. The first kappa shape index (κ1) is 15.7. The molecule has 1 aliphatic rings. The van der Waals surface area contributed by atoms with E-state index in [1.807, 2.05) is 18.2 Å². The molecule has 23 heavy (non-hydrogen) atoms. The van der Waals surface area contributed by atoms with Crippen molar-refractivity contribution in [3.05, 3.63) is 65.2 Å². The van der Waals surface area contributed by atoms with Crippen LogP contribution in [0.1, 0.15) is 40.4 Å². The van der Waals surface area contributed by atoms with Crippen molar-refractivity contribution in [2.45, 2.75) is 30.2 Å². The van der Waals surface area contributed by atoms with Crippen LogP contribution in [0.4, 0.5) is 0 Å². The van der Waals surface area contributed by atoms with Gasteiger partial charge in [0, 0.05) is 11.8 Å². The van der Waals surface area contributed by atoms with Crippen molar-refractivity contribution in [1.82, 2.24) is 5.32 Å². The number of nitrogens with one attached hydrogen (secondary N) is 1. The molecule has 0 saturated heterocycles. The van der Waals surface area contributed by atoms with Crippen molar-refractivity contribution in [2.24, 2.45) is 0 Å². The van der Waals surface area contributed by atoms with E-state index < -0.39 is 9.84 Å². The van der Waals surface area contributed by atoms with Gasteiger partial charge in [-0.2, -0.15) is 0 Å². The Hall–Kier alpha value is -2.14. The number of amides is 1. The Balaban J connectivity index is 1.84. The summed E-state index contributed by atoms with van der Waals surface area (Å²) in [7, 11) is -3.32. The van der Waals surface area contributed by atoms with Crippen molar-refractivity contribution in [3.8, 4) is 0 Å². The molecule has 1 N–H and O–H groups in total. The molecule has 0 fully saturated rings. The number of benzene rings is 2. The lowest BCUT2D eigenvalue weighted by Gasteiger charge is -2.26. The van der Waals surface area contributed by atoms with E-state index in [4.69, 9.17) is 0 Å². The highest BCUT2D eigenvalue weighted by Crippen LogP contribution is 2.29. The van der Waals surface area contributed by atoms with Crippen LogP contribution in [0.25, 0.3) is 0 Å². The Labute approximate surface area is 136 Å². The molecule has 0 aliphatic heterocycles. The van der Waals surface area contributed by atoms with Crippen molar-refractivity contribution < 1.29 is 13.2 Å². The predicted octanol–water partition coefficient (Wildman–Crippen LogP) is 2.90. The van der Waals surface area contributed by atoms with E-state index in [2.05, 4.69) is 11.4 Å². The fourth-order valence-electron chi connectivity index (χ4n) is 3.01. The molecular formula is C18H19NO3S. The maximum Gasteiger partial charge on any atom is 0.251 e. The fraction of sp³-hybridized carbons (Fsp3) is 0.278. The zero-order chi connectivity index (χ0) is 16.4. The Morgan fingerprint density at radius 2 is 1.91 bits per heavy atom. The summed E-state index contributed by atoms with van der Waals surface area (Å²) in [6.07, 6.45) is 4.10. The molecule has 0 bridgehead atoms. The van der Waals surface area contributed by atoms with Crippen molar-refractivity contribution in [3.63, 3.8) is 0 Å². The van der Waals surface area contributed by atoms with Gasteiger partial charge in [0.25, 0.3) is 5.91 Å². The van der Waals surface area contributed by atoms with Gasteiger partial charge in [-0.25, -0.2) is 8.42 Å². The molecule has 1 atom stereocenters. The lowest BCUT2D eigenvalue weighted by atomic mass is 9.87. The third-order valence-corrected chi connectivity index (χ3v) is 5.31. The fourth-order valence-corrected chi connectivity index (χ4v) is 3.68. The second-order valence-electron chi connectivity index (χ2n) is 5.92. The Bertz CT molecular complexity index is 843. The van der Waals surface area contributed by atoms with E-state index in [9.17, 15) is 13.2 Å². The van der Waals surface area contributed by atoms with Crippen LogP contribution in [0.15, 0.2) is 53.4 Å². The quantitative estimate of drug-likeness (QED) is 0.942. The zero-order valence-corrected chi connectivity index (χ0v) is 13.8. The van der Waals surface area contributed by atoms with Crippen LogP contribution in [-0.2, 0) is 16.3 Å². The van der Waals surface area contributed by atoms with Gasteiger partial charge in [0.15, 0.2) is 9.84 Å². The van der Waals surface area contributed by atoms with Gasteiger partial charge in [-0.3, -0.25) is 4.79 Å². The van der Waals surface area contributed by atoms with E-state index in [0.717, 1.165) is 31.1 Å². The highest BCUT2D eigenvalue weighted by molar-refractivity contribution is 7.90. The summed E-state index contributed by atoms with van der Waals surface area (Å²) >= 11 is 0. The molecule has 0 spiro atoms. The van der Waals surface area contributed by atoms with Crippen LogP contribution in [-0.4, -0.2) is 20.6 Å². The molecule has 0 unspecified atom stereocenters. The number of carbonyl (C=O) groups excluding carboxylic acids is 1. The molecule has 0 aromatic heterocycles. The van der Waals surface area contributed by atoms with E-state index in [-0.39, 0.29) is 16.8 Å². The third-order valence-electron chi connectivity index (χ3n) is 4.20. The first-order valence-corrected chi connectivity index (χ1v) is 9.53. The monoisotopic (exact) mass is 329 g/mol. The molecule has 2 aromatic carbocycles. The summed E-state index contributed by atoms with van der Waals surface area (Å²) in [5.41, 5.74) is 2.80. The van der Waals surface area contributed by atoms with Gasteiger partial charge in [0.05, 0.1) is 10.9 Å². The average Bonchev–Trinajstić information content (AvgIpc) is 2.54. The zero-order valence-electron chi connectivity index (χ0n) is 13.0. The molecule has 0 saturated carbocycles. The van der Waals surface area contributed by atoms with Gasteiger partial charge in [-0.1, -0.05) is 30.3 Å². The summed E-state index contributed by atoms with van der Waals surface area (Å²) < 4.78 is 23.3.